The van der Waals surface area contributed by atoms with Crippen LogP contribution >= 0.6 is 95.6 Å². The lowest BCUT2D eigenvalue weighted by Gasteiger charge is -2.25. The Labute approximate surface area is 231 Å². The van der Waals surface area contributed by atoms with E-state index in [1.807, 2.05) is 0 Å². The molecule has 9 heteroatoms. The van der Waals surface area contributed by atoms with E-state index >= 15 is 0 Å². The summed E-state index contributed by atoms with van der Waals surface area (Å²) < 4.78 is 18.5. The highest BCUT2D eigenvalue weighted by molar-refractivity contribution is 9.10. The van der Waals surface area contributed by atoms with Gasteiger partial charge in [0.1, 0.15) is 0 Å². The zero-order chi connectivity index (χ0) is 22.7. The molecule has 0 aliphatic heterocycles. The second kappa shape index (κ2) is 16.6. The van der Waals surface area contributed by atoms with E-state index in [4.69, 9.17) is 14.2 Å². The molecule has 174 valence electrons. The molecule has 0 amide bonds. The van der Waals surface area contributed by atoms with Gasteiger partial charge in [0.15, 0.2) is 0 Å². The molecule has 1 aromatic rings. The van der Waals surface area contributed by atoms with Gasteiger partial charge >= 0.3 is 0 Å². The van der Waals surface area contributed by atoms with Crippen LogP contribution < -0.4 is 0 Å². The van der Waals surface area contributed by atoms with Crippen LogP contribution in [0.4, 0.5) is 0 Å². The Hall–Kier alpha value is 1.98. The van der Waals surface area contributed by atoms with Crippen LogP contribution in [0, 0.1) is 20.8 Å². The molecule has 0 spiro atoms. The van der Waals surface area contributed by atoms with Gasteiger partial charge in [-0.3, -0.25) is 0 Å². The normalized spacial score (nSPS) is 12.0. The Balaban J connectivity index is 3.29. The van der Waals surface area contributed by atoms with Crippen LogP contribution in [0.5, 0.6) is 0 Å². The molecule has 0 radical (unpaired) electrons. The molecule has 0 heterocycles. The van der Waals surface area contributed by atoms with E-state index in [1.165, 1.54) is 33.4 Å². The molecular formula is C21H30Br6O3. The molecule has 0 fully saturated rings. The highest BCUT2D eigenvalue weighted by Gasteiger charge is 2.20. The molecule has 0 atom stereocenters. The van der Waals surface area contributed by atoms with Crippen LogP contribution in [0.25, 0.3) is 0 Å². The number of alkyl halides is 6. The van der Waals surface area contributed by atoms with E-state index in [1.54, 1.807) is 0 Å². The van der Waals surface area contributed by atoms with Gasteiger partial charge in [0, 0.05) is 32.0 Å². The monoisotopic (exact) mass is 804 g/mol. The van der Waals surface area contributed by atoms with Crippen molar-refractivity contribution in [2.24, 2.45) is 0 Å². The fraction of sp³-hybridized carbons (Fsp3) is 0.714. The maximum atomic E-state index is 6.17. The number of halogens is 6. The summed E-state index contributed by atoms with van der Waals surface area (Å²) in [5.74, 6) is 0. The van der Waals surface area contributed by atoms with Crippen LogP contribution in [0.15, 0.2) is 0 Å². The number of hydrogen-bond acceptors (Lipinski definition) is 3. The molecule has 0 aromatic heterocycles. The van der Waals surface area contributed by atoms with Crippen molar-refractivity contribution in [2.75, 3.05) is 32.0 Å². The first-order valence-electron chi connectivity index (χ1n) is 9.69. The Morgan fingerprint density at radius 3 is 0.833 bits per heavy atom. The first kappa shape index (κ1) is 30.0. The second-order valence-corrected chi connectivity index (χ2v) is 10.9. The summed E-state index contributed by atoms with van der Waals surface area (Å²) in [6, 6.07) is 0. The van der Waals surface area contributed by atoms with Gasteiger partial charge in [-0.15, -0.1) is 0 Å². The number of rotatable bonds is 15. The average molecular weight is 810 g/mol. The zero-order valence-corrected chi connectivity index (χ0v) is 27.1. The average Bonchev–Trinajstić information content (AvgIpc) is 2.76. The Morgan fingerprint density at radius 1 is 0.467 bits per heavy atom. The third kappa shape index (κ3) is 8.97. The van der Waals surface area contributed by atoms with Crippen molar-refractivity contribution < 1.29 is 14.2 Å². The third-order valence-corrected chi connectivity index (χ3v) is 9.47. The van der Waals surface area contributed by atoms with Crippen LogP contribution in [0.2, 0.25) is 0 Å². The molecule has 3 nitrogen and oxygen atoms in total. The fourth-order valence-corrected chi connectivity index (χ4v) is 7.37. The van der Waals surface area contributed by atoms with E-state index in [9.17, 15) is 0 Å². The van der Waals surface area contributed by atoms with E-state index in [-0.39, 0.29) is 18.3 Å². The van der Waals surface area contributed by atoms with Crippen LogP contribution in [-0.4, -0.2) is 50.3 Å². The molecular weight excluding hydrogens is 780 g/mol. The lowest BCUT2D eigenvalue weighted by molar-refractivity contribution is 0.0654. The SMILES string of the molecule is Cc1c(COC(CBr)CBr)c(C)c(COC(CBr)CBr)c(C)c1COC(CBr)CBr. The predicted octanol–water partition coefficient (Wildman–Crippen LogP) is 7.64. The molecule has 1 rings (SSSR count). The number of ether oxygens (including phenoxy) is 3. The van der Waals surface area contributed by atoms with Gasteiger partial charge in [-0.25, -0.2) is 0 Å². The van der Waals surface area contributed by atoms with E-state index in [0.717, 1.165) is 32.0 Å². The van der Waals surface area contributed by atoms with Gasteiger partial charge in [0.25, 0.3) is 0 Å². The fourth-order valence-electron chi connectivity index (χ4n) is 3.03. The quantitative estimate of drug-likeness (QED) is 0.171. The molecule has 0 aliphatic rings. The minimum absolute atomic E-state index is 0.127. The Kier molecular flexibility index (Phi) is 16.6. The zero-order valence-electron chi connectivity index (χ0n) is 17.6. The van der Waals surface area contributed by atoms with E-state index < -0.39 is 0 Å². The lowest BCUT2D eigenvalue weighted by atomic mass is 9.89. The molecule has 0 saturated carbocycles. The molecule has 0 N–H and O–H groups in total. The van der Waals surface area contributed by atoms with Gasteiger partial charge in [-0.2, -0.15) is 0 Å². The summed E-state index contributed by atoms with van der Waals surface area (Å²) in [5, 5.41) is 4.78. The third-order valence-electron chi connectivity index (χ3n) is 5.14. The van der Waals surface area contributed by atoms with Crippen molar-refractivity contribution in [3.8, 4) is 0 Å². The molecule has 0 aliphatic carbocycles. The molecule has 0 unspecified atom stereocenters. The summed E-state index contributed by atoms with van der Waals surface area (Å²) in [7, 11) is 0. The Bertz CT molecular complexity index is 525. The van der Waals surface area contributed by atoms with Crippen molar-refractivity contribution in [1.29, 1.82) is 0 Å². The maximum absolute atomic E-state index is 6.17. The van der Waals surface area contributed by atoms with Crippen LogP contribution in [0.3, 0.4) is 0 Å². The molecule has 0 saturated heterocycles. The van der Waals surface area contributed by atoms with Crippen molar-refractivity contribution in [1.82, 2.24) is 0 Å². The van der Waals surface area contributed by atoms with Crippen LogP contribution in [-0.2, 0) is 34.0 Å². The highest BCUT2D eigenvalue weighted by atomic mass is 79.9. The van der Waals surface area contributed by atoms with Gasteiger partial charge in [0.05, 0.1) is 38.1 Å². The number of benzene rings is 1. The summed E-state index contributed by atoms with van der Waals surface area (Å²) in [5.41, 5.74) is 7.43. The van der Waals surface area contributed by atoms with Crippen molar-refractivity contribution in [3.63, 3.8) is 0 Å². The summed E-state index contributed by atoms with van der Waals surface area (Å²) in [6.07, 6.45) is 0.380. The summed E-state index contributed by atoms with van der Waals surface area (Å²) in [6.45, 7) is 8.24. The molecule has 1 aromatic carbocycles. The van der Waals surface area contributed by atoms with Crippen molar-refractivity contribution in [2.45, 2.75) is 58.9 Å². The summed E-state index contributed by atoms with van der Waals surface area (Å²) >= 11 is 21.2. The predicted molar refractivity (Wildman–Crippen MR) is 149 cm³/mol. The van der Waals surface area contributed by atoms with Gasteiger partial charge in [0.2, 0.25) is 0 Å². The van der Waals surface area contributed by atoms with Gasteiger partial charge in [-0.1, -0.05) is 95.6 Å². The highest BCUT2D eigenvalue weighted by Crippen LogP contribution is 2.30. The maximum Gasteiger partial charge on any atom is 0.0773 e. The number of hydrogen-bond donors (Lipinski definition) is 0. The molecule has 30 heavy (non-hydrogen) atoms. The van der Waals surface area contributed by atoms with Crippen molar-refractivity contribution in [3.05, 3.63) is 33.4 Å². The van der Waals surface area contributed by atoms with Gasteiger partial charge < -0.3 is 14.2 Å². The Morgan fingerprint density at radius 2 is 0.667 bits per heavy atom. The summed E-state index contributed by atoms with van der Waals surface area (Å²) in [4.78, 5) is 0. The standard InChI is InChI=1S/C21H30Br6O3/c1-13-19(10-28-16(4-22)5-23)14(2)21(12-30-18(8-26)9-27)15(3)20(13)11-29-17(6-24)7-25/h16-18H,4-12H2,1-3H3. The topological polar surface area (TPSA) is 27.7 Å². The largest absolute Gasteiger partial charge is 0.372 e. The molecule has 0 bridgehead atoms. The smallest absolute Gasteiger partial charge is 0.0773 e. The first-order valence-corrected chi connectivity index (χ1v) is 16.4. The lowest BCUT2D eigenvalue weighted by Crippen LogP contribution is -2.21. The second-order valence-electron chi connectivity index (χ2n) is 7.04. The minimum Gasteiger partial charge on any atom is -0.372 e. The van der Waals surface area contributed by atoms with Crippen molar-refractivity contribution >= 4 is 95.6 Å². The van der Waals surface area contributed by atoms with Gasteiger partial charge in [-0.05, 0) is 54.2 Å². The first-order chi connectivity index (χ1) is 14.4. The van der Waals surface area contributed by atoms with Crippen LogP contribution in [0.1, 0.15) is 33.4 Å². The van der Waals surface area contributed by atoms with E-state index in [2.05, 4.69) is 116 Å². The van der Waals surface area contributed by atoms with E-state index in [0.29, 0.717) is 19.8 Å². The minimum atomic E-state index is 0.127.